The molecule has 4 heterocycles. The summed E-state index contributed by atoms with van der Waals surface area (Å²) in [5.41, 5.74) is 1.34. The maximum Gasteiger partial charge on any atom is 0.269 e. The van der Waals surface area contributed by atoms with E-state index in [4.69, 9.17) is 0 Å². The normalized spacial score (nSPS) is 17.8. The molecule has 25 heavy (non-hydrogen) atoms. The van der Waals surface area contributed by atoms with E-state index in [0.29, 0.717) is 18.2 Å². The van der Waals surface area contributed by atoms with Gasteiger partial charge in [0.25, 0.3) is 5.91 Å². The number of fused-ring (bicyclic) bond motifs is 1. The molecule has 9 heteroatoms. The van der Waals surface area contributed by atoms with Crippen molar-refractivity contribution < 1.29 is 4.79 Å². The largest absolute Gasteiger partial charge is 0.353 e. The predicted molar refractivity (Wildman–Crippen MR) is 91.3 cm³/mol. The number of hydrogen-bond donors (Lipinski definition) is 1. The zero-order valence-corrected chi connectivity index (χ0v) is 14.0. The monoisotopic (exact) mass is 340 g/mol. The minimum Gasteiger partial charge on any atom is -0.353 e. The molecule has 1 aliphatic heterocycles. The van der Waals surface area contributed by atoms with Gasteiger partial charge >= 0.3 is 0 Å². The molecule has 1 N–H and O–H groups in total. The summed E-state index contributed by atoms with van der Waals surface area (Å²) in [6.45, 7) is 2.41. The van der Waals surface area contributed by atoms with Gasteiger partial charge < -0.3 is 10.2 Å². The summed E-state index contributed by atoms with van der Waals surface area (Å²) in [6, 6.07) is 1.72. The quantitative estimate of drug-likeness (QED) is 0.744. The third kappa shape index (κ3) is 3.04. The highest BCUT2D eigenvalue weighted by molar-refractivity contribution is 5.92. The first-order valence-electron chi connectivity index (χ1n) is 8.38. The summed E-state index contributed by atoms with van der Waals surface area (Å²) < 4.78 is 3.45. The zero-order valence-electron chi connectivity index (χ0n) is 14.0. The van der Waals surface area contributed by atoms with Crippen LogP contribution in [0.15, 0.2) is 31.0 Å². The number of aromatic nitrogens is 6. The van der Waals surface area contributed by atoms with E-state index in [1.165, 1.54) is 0 Å². The number of hydrogen-bond acceptors (Lipinski definition) is 6. The third-order valence-corrected chi connectivity index (χ3v) is 4.62. The van der Waals surface area contributed by atoms with Crippen molar-refractivity contribution in [2.24, 2.45) is 13.0 Å². The van der Waals surface area contributed by atoms with Gasteiger partial charge in [-0.25, -0.2) is 4.98 Å². The first-order valence-corrected chi connectivity index (χ1v) is 8.38. The van der Waals surface area contributed by atoms with Crippen LogP contribution in [-0.2, 0) is 7.05 Å². The van der Waals surface area contributed by atoms with Gasteiger partial charge in [-0.15, -0.1) is 10.2 Å². The minimum absolute atomic E-state index is 0.0881. The molecule has 0 bridgehead atoms. The molecule has 0 aromatic carbocycles. The molecule has 1 unspecified atom stereocenters. The highest BCUT2D eigenvalue weighted by Crippen LogP contribution is 2.23. The van der Waals surface area contributed by atoms with Crippen molar-refractivity contribution in [2.45, 2.75) is 12.8 Å². The molecule has 0 spiro atoms. The van der Waals surface area contributed by atoms with E-state index in [1.807, 2.05) is 10.6 Å². The lowest BCUT2D eigenvalue weighted by Crippen LogP contribution is -2.41. The maximum atomic E-state index is 12.2. The summed E-state index contributed by atoms with van der Waals surface area (Å²) in [6.07, 6.45) is 9.05. The van der Waals surface area contributed by atoms with Crippen LogP contribution in [0.1, 0.15) is 23.3 Å². The molecule has 0 saturated carbocycles. The Morgan fingerprint density at radius 3 is 3.16 bits per heavy atom. The molecule has 1 atom stereocenters. The molecule has 4 rings (SSSR count). The van der Waals surface area contributed by atoms with Gasteiger partial charge in [-0.2, -0.15) is 5.10 Å². The van der Waals surface area contributed by atoms with Crippen LogP contribution in [0.2, 0.25) is 0 Å². The SMILES string of the molecule is Cn1nccc1C(=O)NCC1CCCN(c2nccn3cnnc23)C1. The Balaban J connectivity index is 1.42. The Kier molecular flexibility index (Phi) is 4.04. The Morgan fingerprint density at radius 1 is 1.40 bits per heavy atom. The van der Waals surface area contributed by atoms with Gasteiger partial charge in [-0.05, 0) is 24.8 Å². The van der Waals surface area contributed by atoms with Crippen molar-refractivity contribution in [3.8, 4) is 0 Å². The molecule has 1 aliphatic rings. The first kappa shape index (κ1) is 15.6. The summed E-state index contributed by atoms with van der Waals surface area (Å²) in [5, 5.41) is 15.2. The highest BCUT2D eigenvalue weighted by atomic mass is 16.2. The summed E-state index contributed by atoms with van der Waals surface area (Å²) in [5.74, 6) is 1.13. The summed E-state index contributed by atoms with van der Waals surface area (Å²) >= 11 is 0. The number of amides is 1. The van der Waals surface area contributed by atoms with E-state index in [2.05, 4.69) is 30.5 Å². The van der Waals surface area contributed by atoms with Crippen molar-refractivity contribution in [1.82, 2.24) is 34.7 Å². The fourth-order valence-corrected chi connectivity index (χ4v) is 3.32. The van der Waals surface area contributed by atoms with E-state index in [9.17, 15) is 4.79 Å². The molecule has 0 radical (unpaired) electrons. The number of nitrogens with one attached hydrogen (secondary N) is 1. The highest BCUT2D eigenvalue weighted by Gasteiger charge is 2.24. The van der Waals surface area contributed by atoms with Crippen molar-refractivity contribution in [2.75, 3.05) is 24.5 Å². The summed E-state index contributed by atoms with van der Waals surface area (Å²) in [4.78, 5) is 19.0. The van der Waals surface area contributed by atoms with Crippen LogP contribution in [0.3, 0.4) is 0 Å². The van der Waals surface area contributed by atoms with Gasteiger partial charge in [-0.3, -0.25) is 13.9 Å². The standard InChI is InChI=1S/C16H20N8O/c1-22-13(4-5-20-22)16(25)18-9-12-3-2-7-23(10-12)14-15-21-19-11-24(15)8-6-17-14/h4-6,8,11-12H,2-3,7,9-10H2,1H3,(H,18,25). The molecule has 3 aromatic rings. The minimum atomic E-state index is -0.0881. The van der Waals surface area contributed by atoms with Crippen molar-refractivity contribution in [3.05, 3.63) is 36.7 Å². The Hall–Kier alpha value is -2.97. The second-order valence-electron chi connectivity index (χ2n) is 6.32. The van der Waals surface area contributed by atoms with Crippen molar-refractivity contribution in [1.29, 1.82) is 0 Å². The van der Waals surface area contributed by atoms with Gasteiger partial charge in [0.1, 0.15) is 12.0 Å². The fourth-order valence-electron chi connectivity index (χ4n) is 3.32. The van der Waals surface area contributed by atoms with Gasteiger partial charge in [-0.1, -0.05) is 0 Å². The molecule has 0 aliphatic carbocycles. The van der Waals surface area contributed by atoms with Crippen LogP contribution >= 0.6 is 0 Å². The lowest BCUT2D eigenvalue weighted by molar-refractivity contribution is 0.0936. The summed E-state index contributed by atoms with van der Waals surface area (Å²) in [7, 11) is 1.77. The number of rotatable bonds is 4. The van der Waals surface area contributed by atoms with E-state index >= 15 is 0 Å². The first-order chi connectivity index (χ1) is 12.2. The topological polar surface area (TPSA) is 93.2 Å². The van der Waals surface area contributed by atoms with Crippen LogP contribution < -0.4 is 10.2 Å². The molecule has 9 nitrogen and oxygen atoms in total. The fraction of sp³-hybridized carbons (Fsp3) is 0.438. The Labute approximate surface area is 144 Å². The van der Waals surface area contributed by atoms with E-state index in [1.54, 1.807) is 36.5 Å². The molecule has 3 aromatic heterocycles. The number of piperidine rings is 1. The molecular weight excluding hydrogens is 320 g/mol. The van der Waals surface area contributed by atoms with Crippen LogP contribution in [0.5, 0.6) is 0 Å². The lowest BCUT2D eigenvalue weighted by atomic mass is 9.98. The lowest BCUT2D eigenvalue weighted by Gasteiger charge is -2.33. The molecular formula is C16H20N8O. The van der Waals surface area contributed by atoms with Gasteiger partial charge in [0.2, 0.25) is 5.65 Å². The molecule has 130 valence electrons. The van der Waals surface area contributed by atoms with Crippen LogP contribution in [0.4, 0.5) is 5.82 Å². The smallest absolute Gasteiger partial charge is 0.269 e. The Morgan fingerprint density at radius 2 is 2.32 bits per heavy atom. The van der Waals surface area contributed by atoms with Gasteiger partial charge in [0.15, 0.2) is 5.82 Å². The van der Waals surface area contributed by atoms with E-state index < -0.39 is 0 Å². The number of carbonyl (C=O) groups excluding carboxylic acids is 1. The number of aryl methyl sites for hydroxylation is 1. The van der Waals surface area contributed by atoms with Crippen LogP contribution in [-0.4, -0.2) is 54.9 Å². The average Bonchev–Trinajstić information content (AvgIpc) is 3.28. The zero-order chi connectivity index (χ0) is 17.2. The van der Waals surface area contributed by atoms with Gasteiger partial charge in [0, 0.05) is 45.3 Å². The van der Waals surface area contributed by atoms with E-state index in [-0.39, 0.29) is 5.91 Å². The predicted octanol–water partition coefficient (Wildman–Crippen LogP) is 0.504. The van der Waals surface area contributed by atoms with Crippen LogP contribution in [0.25, 0.3) is 5.65 Å². The second kappa shape index (κ2) is 6.50. The van der Waals surface area contributed by atoms with Crippen molar-refractivity contribution >= 4 is 17.4 Å². The molecule has 1 amide bonds. The maximum absolute atomic E-state index is 12.2. The van der Waals surface area contributed by atoms with E-state index in [0.717, 1.165) is 37.4 Å². The third-order valence-electron chi connectivity index (χ3n) is 4.62. The van der Waals surface area contributed by atoms with Gasteiger partial charge in [0.05, 0.1) is 0 Å². The van der Waals surface area contributed by atoms with Crippen molar-refractivity contribution in [3.63, 3.8) is 0 Å². The number of anilines is 1. The number of carbonyl (C=O) groups is 1. The average molecular weight is 340 g/mol. The molecule has 1 saturated heterocycles. The molecule has 1 fully saturated rings. The van der Waals surface area contributed by atoms with Crippen LogP contribution in [0, 0.1) is 5.92 Å². The second-order valence-corrected chi connectivity index (χ2v) is 6.32. The Bertz CT molecular complexity index is 885. The number of nitrogens with zero attached hydrogens (tertiary/aromatic N) is 7.